The minimum Gasteiger partial charge on any atom is -0.482 e. The molecule has 7 atom stereocenters. The number of fused-ring (bicyclic) bond motifs is 6. The molecule has 2 saturated heterocycles. The van der Waals surface area contributed by atoms with Gasteiger partial charge in [-0.1, -0.05) is 121 Å². The molecule has 60 heavy (non-hydrogen) atoms. The van der Waals surface area contributed by atoms with E-state index >= 15 is 0 Å². The van der Waals surface area contributed by atoms with Crippen molar-refractivity contribution in [2.24, 2.45) is 11.8 Å². The first-order valence-electron chi connectivity index (χ1n) is 23.2. The molecule has 0 aromatic heterocycles. The SMILES string of the molecule is CC(C)C1=CCN2C(=C1)N1C3=C(C=CCC3)C3CC=C4OC5CC(c6ccccc6)CC6=C5[P+]2(C4C31)C1N6C=CN1c1cc(C(C)(C)C)cc(C(C)(C)C2=CCCC=C2)c1. The van der Waals surface area contributed by atoms with Crippen molar-refractivity contribution in [2.45, 2.75) is 134 Å². The number of allylic oxidation sites excluding steroid dienone is 11. The minimum atomic E-state index is -2.29. The Morgan fingerprint density at radius 1 is 0.833 bits per heavy atom. The lowest BCUT2D eigenvalue weighted by Crippen LogP contribution is -2.62. The first-order valence-corrected chi connectivity index (χ1v) is 25.0. The second-order valence-corrected chi connectivity index (χ2v) is 24.5. The van der Waals surface area contributed by atoms with Gasteiger partial charge in [0, 0.05) is 35.1 Å². The summed E-state index contributed by atoms with van der Waals surface area (Å²) in [5, 5.41) is 1.68. The van der Waals surface area contributed by atoms with E-state index in [4.69, 9.17) is 4.74 Å². The number of anilines is 1. The van der Waals surface area contributed by atoms with Crippen molar-refractivity contribution in [2.75, 3.05) is 11.4 Å². The van der Waals surface area contributed by atoms with Crippen molar-refractivity contribution >= 4 is 13.1 Å². The Labute approximate surface area is 359 Å². The number of ether oxygens (including phenoxy) is 1. The van der Waals surface area contributed by atoms with E-state index in [2.05, 4.69) is 177 Å². The summed E-state index contributed by atoms with van der Waals surface area (Å²) in [7, 11) is -2.29. The normalized spacial score (nSPS) is 32.0. The number of hydrogen-bond donors (Lipinski definition) is 0. The highest BCUT2D eigenvalue weighted by Crippen LogP contribution is 2.90. The topological polar surface area (TPSA) is 22.2 Å². The van der Waals surface area contributed by atoms with Gasteiger partial charge in [-0.2, -0.15) is 0 Å². The number of nitrogens with zero attached hydrogens (tertiary/aromatic N) is 4. The van der Waals surface area contributed by atoms with Crippen LogP contribution in [0.1, 0.15) is 116 Å². The number of hydrogen-bond acceptors (Lipinski definition) is 5. The van der Waals surface area contributed by atoms with Gasteiger partial charge >= 0.3 is 0 Å². The highest BCUT2D eigenvalue weighted by Gasteiger charge is 2.82. The van der Waals surface area contributed by atoms with Gasteiger partial charge in [0.25, 0.3) is 0 Å². The zero-order valence-electron chi connectivity index (χ0n) is 36.7. The van der Waals surface area contributed by atoms with E-state index in [9.17, 15) is 0 Å². The Morgan fingerprint density at radius 2 is 1.63 bits per heavy atom. The zero-order chi connectivity index (χ0) is 40.9. The Balaban J connectivity index is 1.10. The third kappa shape index (κ3) is 5.02. The molecule has 2 fully saturated rings. The predicted octanol–water partition coefficient (Wildman–Crippen LogP) is 12.9. The van der Waals surface area contributed by atoms with Crippen molar-refractivity contribution in [1.29, 1.82) is 0 Å². The van der Waals surface area contributed by atoms with E-state index in [0.29, 0.717) is 29.5 Å². The van der Waals surface area contributed by atoms with Gasteiger partial charge in [-0.05, 0) is 120 Å². The van der Waals surface area contributed by atoms with Crippen LogP contribution in [0.2, 0.25) is 0 Å². The molecular weight excluding hydrogens is 752 g/mol. The van der Waals surface area contributed by atoms with E-state index in [1.165, 1.54) is 45.1 Å². The number of rotatable bonds is 5. The van der Waals surface area contributed by atoms with E-state index in [0.717, 1.165) is 51.5 Å². The first kappa shape index (κ1) is 37.3. The van der Waals surface area contributed by atoms with Crippen LogP contribution < -0.4 is 4.90 Å². The highest BCUT2D eigenvalue weighted by atomic mass is 31.2. The Kier molecular flexibility index (Phi) is 8.10. The summed E-state index contributed by atoms with van der Waals surface area (Å²) in [6, 6.07) is 19.4. The molecule has 0 N–H and O–H groups in total. The smallest absolute Gasteiger partial charge is 0.250 e. The first-order chi connectivity index (χ1) is 29.0. The summed E-state index contributed by atoms with van der Waals surface area (Å²) in [6.45, 7) is 17.8. The lowest BCUT2D eigenvalue weighted by molar-refractivity contribution is 0.0819. The van der Waals surface area contributed by atoms with Gasteiger partial charge in [0.2, 0.25) is 5.91 Å². The quantitative estimate of drug-likeness (QED) is 0.280. The molecule has 7 unspecified atom stereocenters. The second kappa shape index (κ2) is 13.0. The lowest BCUT2D eigenvalue weighted by atomic mass is 9.73. The summed E-state index contributed by atoms with van der Waals surface area (Å²) in [5.41, 5.74) is 13.4. The summed E-state index contributed by atoms with van der Waals surface area (Å²) in [6.07, 6.45) is 32.7. The van der Waals surface area contributed by atoms with E-state index < -0.39 is 7.41 Å². The van der Waals surface area contributed by atoms with Crippen LogP contribution in [0.25, 0.3) is 0 Å². The maximum Gasteiger partial charge on any atom is 0.250 e. The van der Waals surface area contributed by atoms with Crippen molar-refractivity contribution < 1.29 is 4.74 Å². The second-order valence-electron chi connectivity index (χ2n) is 21.0. The molecule has 0 radical (unpaired) electrons. The number of benzene rings is 2. The Hall–Kier alpha value is -4.47. The Morgan fingerprint density at radius 3 is 2.42 bits per heavy atom. The average Bonchev–Trinajstić information content (AvgIpc) is 3.94. The van der Waals surface area contributed by atoms with Crippen molar-refractivity contribution in [3.05, 3.63) is 171 Å². The molecule has 2 aromatic carbocycles. The molecule has 6 heterocycles. The molecule has 308 valence electrons. The van der Waals surface area contributed by atoms with Gasteiger partial charge in [0.15, 0.2) is 24.5 Å². The molecule has 1 spiro atoms. The average molecular weight is 814 g/mol. The van der Waals surface area contributed by atoms with E-state index in [-0.39, 0.29) is 22.8 Å². The molecule has 0 bridgehead atoms. The molecule has 0 saturated carbocycles. The summed E-state index contributed by atoms with van der Waals surface area (Å²) >= 11 is 0. The molecule has 6 heteroatoms. The monoisotopic (exact) mass is 813 g/mol. The third-order valence-corrected chi connectivity index (χ3v) is 21.2. The highest BCUT2D eigenvalue weighted by molar-refractivity contribution is 7.80. The molecule has 0 amide bonds. The molecule has 12 rings (SSSR count). The van der Waals surface area contributed by atoms with E-state index in [1.807, 2.05) is 0 Å². The molecule has 4 aliphatic carbocycles. The largest absolute Gasteiger partial charge is 0.482 e. The maximum absolute atomic E-state index is 7.60. The third-order valence-electron chi connectivity index (χ3n) is 16.1. The van der Waals surface area contributed by atoms with Gasteiger partial charge in [-0.25, -0.2) is 4.67 Å². The Bertz CT molecular complexity index is 2490. The van der Waals surface area contributed by atoms with Gasteiger partial charge in [0.05, 0.1) is 18.3 Å². The molecule has 10 aliphatic rings. The van der Waals surface area contributed by atoms with Crippen molar-refractivity contribution in [1.82, 2.24) is 14.5 Å². The summed E-state index contributed by atoms with van der Waals surface area (Å²) in [4.78, 5) is 8.48. The van der Waals surface area contributed by atoms with Crippen LogP contribution in [0.15, 0.2) is 155 Å². The summed E-state index contributed by atoms with van der Waals surface area (Å²) < 4.78 is 10.6. The molecule has 6 aliphatic heterocycles. The van der Waals surface area contributed by atoms with Gasteiger partial charge in [-0.3, -0.25) is 9.80 Å². The maximum atomic E-state index is 7.60. The van der Waals surface area contributed by atoms with Crippen molar-refractivity contribution in [3.63, 3.8) is 0 Å². The van der Waals surface area contributed by atoms with Crippen LogP contribution in [0.4, 0.5) is 5.69 Å². The van der Waals surface area contributed by atoms with Gasteiger partial charge in [0.1, 0.15) is 11.6 Å². The minimum absolute atomic E-state index is 0.00517. The van der Waals surface area contributed by atoms with Crippen molar-refractivity contribution in [3.8, 4) is 0 Å². The fourth-order valence-corrected chi connectivity index (χ4v) is 19.3. The van der Waals surface area contributed by atoms with Crippen LogP contribution in [0.5, 0.6) is 0 Å². The van der Waals surface area contributed by atoms with E-state index in [1.54, 1.807) is 22.3 Å². The van der Waals surface area contributed by atoms with Gasteiger partial charge in [-0.15, -0.1) is 0 Å². The molecule has 5 nitrogen and oxygen atoms in total. The lowest BCUT2D eigenvalue weighted by Gasteiger charge is -2.60. The standard InChI is InChI=1S/C54H62N4OP/c1-34(2)36-24-25-57-48(30-36)58-44-21-15-14-20-42(44)43-22-23-46-51(49(43)58)60(57)50-45(28-37(29-47(50)59-46)35-16-10-8-11-17-35)56-27-26-55(52(56)60)41-32-39(53(3,4)5)31-40(33-41)54(6,7)38-18-12-9-13-19-38/h8,10-12,14,16-20,23-24,26-27,30-34,37,43,47,49,51-52H,9,13,15,21-22,25,28-29H2,1-7H3/q+1. The summed E-state index contributed by atoms with van der Waals surface area (Å²) in [5.74, 6) is 4.31. The fraction of sp³-hybridized carbons (Fsp3) is 0.444. The molecular formula is C54H62N4OP+. The van der Waals surface area contributed by atoms with Crippen LogP contribution >= 0.6 is 7.41 Å². The van der Waals surface area contributed by atoms with Crippen LogP contribution in [-0.4, -0.2) is 44.7 Å². The predicted molar refractivity (Wildman–Crippen MR) is 248 cm³/mol. The molecule has 2 aromatic rings. The van der Waals surface area contributed by atoms with Crippen LogP contribution in [-0.2, 0) is 15.6 Å². The fourth-order valence-electron chi connectivity index (χ4n) is 13.1. The zero-order valence-corrected chi connectivity index (χ0v) is 37.6. The van der Waals surface area contributed by atoms with Crippen LogP contribution in [0.3, 0.4) is 0 Å². The van der Waals surface area contributed by atoms with Gasteiger partial charge < -0.3 is 9.64 Å². The van der Waals surface area contributed by atoms with Crippen LogP contribution in [0, 0.1) is 11.8 Å².